The third kappa shape index (κ3) is 7.29. The lowest BCUT2D eigenvalue weighted by molar-refractivity contribution is -0.139. The van der Waals surface area contributed by atoms with E-state index >= 15 is 0 Å². The highest BCUT2D eigenvalue weighted by molar-refractivity contribution is 5.94. The minimum Gasteiger partial charge on any atom is -0.482 e. The molecule has 0 aromatic heterocycles. The molecular weight excluding hydrogens is 372 g/mol. The Balaban J connectivity index is 1.87. The second-order valence-electron chi connectivity index (χ2n) is 7.64. The summed E-state index contributed by atoms with van der Waals surface area (Å²) in [6, 6.07) is 13.9. The summed E-state index contributed by atoms with van der Waals surface area (Å²) >= 11 is 0. The van der Waals surface area contributed by atoms with Crippen molar-refractivity contribution in [3.63, 3.8) is 0 Å². The Bertz CT molecular complexity index is 870. The second kappa shape index (κ2) is 9.73. The monoisotopic (exact) mass is 398 g/mol. The summed E-state index contributed by atoms with van der Waals surface area (Å²) in [7, 11) is 0. The lowest BCUT2D eigenvalue weighted by atomic mass is 9.95. The predicted molar refractivity (Wildman–Crippen MR) is 108 cm³/mol. The van der Waals surface area contributed by atoms with Crippen LogP contribution in [0.3, 0.4) is 0 Å². The average Bonchev–Trinajstić information content (AvgIpc) is 2.68. The van der Waals surface area contributed by atoms with E-state index in [-0.39, 0.29) is 18.4 Å². The summed E-state index contributed by atoms with van der Waals surface area (Å²) < 4.78 is 5.13. The highest BCUT2D eigenvalue weighted by Crippen LogP contribution is 2.14. The van der Waals surface area contributed by atoms with Crippen LogP contribution < -0.4 is 15.4 Å². The molecule has 2 rings (SSSR count). The number of carbonyl (C=O) groups is 3. The van der Waals surface area contributed by atoms with Gasteiger partial charge in [-0.05, 0) is 35.4 Å². The molecule has 0 bridgehead atoms. The number of amides is 2. The third-order valence-electron chi connectivity index (χ3n) is 4.06. The fourth-order valence-corrected chi connectivity index (χ4v) is 2.40. The van der Waals surface area contributed by atoms with Gasteiger partial charge in [-0.25, -0.2) is 4.79 Å². The molecule has 0 fully saturated rings. The van der Waals surface area contributed by atoms with Crippen LogP contribution in [0.4, 0.5) is 0 Å². The van der Waals surface area contributed by atoms with Gasteiger partial charge < -0.3 is 20.5 Å². The van der Waals surface area contributed by atoms with E-state index in [9.17, 15) is 14.4 Å². The van der Waals surface area contributed by atoms with Gasteiger partial charge in [-0.2, -0.15) is 0 Å². The first kappa shape index (κ1) is 21.9. The highest BCUT2D eigenvalue weighted by atomic mass is 16.5. The first-order valence-electron chi connectivity index (χ1n) is 9.24. The topological polar surface area (TPSA) is 105 Å². The molecule has 7 nitrogen and oxygen atoms in total. The molecule has 0 radical (unpaired) electrons. The van der Waals surface area contributed by atoms with Gasteiger partial charge in [0.25, 0.3) is 5.91 Å². The summed E-state index contributed by atoms with van der Waals surface area (Å²) in [5.74, 6) is -0.882. The van der Waals surface area contributed by atoms with Gasteiger partial charge in [0.2, 0.25) is 5.91 Å². The minimum atomic E-state index is -1.05. The van der Waals surface area contributed by atoms with Gasteiger partial charge in [-0.15, -0.1) is 0 Å². The van der Waals surface area contributed by atoms with Crippen molar-refractivity contribution < 1.29 is 24.2 Å². The summed E-state index contributed by atoms with van der Waals surface area (Å²) in [4.78, 5) is 34.8. The molecular formula is C22H26N2O5. The van der Waals surface area contributed by atoms with Crippen molar-refractivity contribution in [1.82, 2.24) is 10.6 Å². The molecule has 0 spiro atoms. The number of hydrogen-bond acceptors (Lipinski definition) is 4. The van der Waals surface area contributed by atoms with Crippen molar-refractivity contribution in [2.45, 2.75) is 33.9 Å². The van der Waals surface area contributed by atoms with E-state index in [1.165, 1.54) is 0 Å². The Labute approximate surface area is 170 Å². The van der Waals surface area contributed by atoms with Gasteiger partial charge in [-0.3, -0.25) is 9.59 Å². The van der Waals surface area contributed by atoms with E-state index in [1.807, 2.05) is 26.8 Å². The van der Waals surface area contributed by atoms with Crippen LogP contribution in [-0.4, -0.2) is 29.5 Å². The zero-order chi connectivity index (χ0) is 21.4. The molecule has 0 aliphatic heterocycles. The van der Waals surface area contributed by atoms with Crippen molar-refractivity contribution >= 4 is 17.8 Å². The van der Waals surface area contributed by atoms with Crippen molar-refractivity contribution in [1.29, 1.82) is 0 Å². The molecule has 0 unspecified atom stereocenters. The van der Waals surface area contributed by atoms with Crippen molar-refractivity contribution in [3.8, 4) is 5.75 Å². The fourth-order valence-electron chi connectivity index (χ4n) is 2.40. The van der Waals surface area contributed by atoms with Crippen molar-refractivity contribution in [3.05, 3.63) is 65.2 Å². The van der Waals surface area contributed by atoms with E-state index in [1.54, 1.807) is 42.5 Å². The summed E-state index contributed by atoms with van der Waals surface area (Å²) in [6.45, 7) is 5.82. The molecule has 29 heavy (non-hydrogen) atoms. The number of carboxylic acid groups (broad SMARTS) is 1. The number of carboxylic acids is 1. The second-order valence-corrected chi connectivity index (χ2v) is 7.64. The zero-order valence-corrected chi connectivity index (χ0v) is 16.8. The Morgan fingerprint density at radius 2 is 1.59 bits per heavy atom. The van der Waals surface area contributed by atoms with Gasteiger partial charge in [0, 0.05) is 24.1 Å². The molecule has 2 amide bonds. The average molecular weight is 398 g/mol. The maximum atomic E-state index is 12.3. The number of aliphatic carboxylic acids is 1. The predicted octanol–water partition coefficient (Wildman–Crippen LogP) is 2.74. The first-order valence-corrected chi connectivity index (χ1v) is 9.24. The molecule has 0 saturated carbocycles. The van der Waals surface area contributed by atoms with Crippen molar-refractivity contribution in [2.75, 3.05) is 6.61 Å². The van der Waals surface area contributed by atoms with E-state index in [0.29, 0.717) is 17.9 Å². The molecule has 154 valence electrons. The Morgan fingerprint density at radius 1 is 0.931 bits per heavy atom. The molecule has 3 N–H and O–H groups in total. The minimum absolute atomic E-state index is 0.0334. The van der Waals surface area contributed by atoms with Crippen LogP contribution in [0.25, 0.3) is 0 Å². The van der Waals surface area contributed by atoms with Gasteiger partial charge in [0.15, 0.2) is 6.61 Å². The van der Waals surface area contributed by atoms with E-state index in [4.69, 9.17) is 9.84 Å². The highest BCUT2D eigenvalue weighted by Gasteiger charge is 2.20. The molecule has 7 heteroatoms. The Kier molecular flexibility index (Phi) is 7.36. The lowest BCUT2D eigenvalue weighted by Gasteiger charge is -2.17. The third-order valence-corrected chi connectivity index (χ3v) is 4.06. The van der Waals surface area contributed by atoms with E-state index in [0.717, 1.165) is 11.1 Å². The van der Waals surface area contributed by atoms with E-state index < -0.39 is 18.0 Å². The summed E-state index contributed by atoms with van der Waals surface area (Å²) in [6.07, 6.45) is 0. The zero-order valence-electron chi connectivity index (χ0n) is 16.8. The van der Waals surface area contributed by atoms with Crippen molar-refractivity contribution in [2.24, 2.45) is 5.41 Å². The molecule has 0 aliphatic carbocycles. The normalized spacial score (nSPS) is 10.9. The van der Waals surface area contributed by atoms with Gasteiger partial charge in [-0.1, -0.05) is 45.0 Å². The van der Waals surface area contributed by atoms with Crippen LogP contribution >= 0.6 is 0 Å². The van der Waals surface area contributed by atoms with E-state index in [2.05, 4.69) is 10.6 Å². The molecule has 2 aromatic carbocycles. The van der Waals surface area contributed by atoms with Crippen LogP contribution in [-0.2, 0) is 22.7 Å². The maximum absolute atomic E-state index is 12.3. The summed E-state index contributed by atoms with van der Waals surface area (Å²) in [5, 5.41) is 14.3. The molecule has 2 aromatic rings. The number of rotatable bonds is 8. The molecule has 0 aliphatic rings. The number of nitrogens with one attached hydrogen (secondary N) is 2. The number of carbonyl (C=O) groups excluding carboxylic acids is 2. The fraction of sp³-hybridized carbons (Fsp3) is 0.318. The Hall–Kier alpha value is -3.35. The maximum Gasteiger partial charge on any atom is 0.341 e. The molecule has 0 atom stereocenters. The van der Waals surface area contributed by atoms with Crippen LogP contribution in [0.1, 0.15) is 42.3 Å². The SMILES string of the molecule is CC(C)(C)C(=O)NCc1ccc(C(=O)NCc2cccc(OCC(=O)O)c2)cc1. The quantitative estimate of drug-likeness (QED) is 0.634. The standard InChI is InChI=1S/C22H26N2O5/c1-22(2,3)21(28)24-12-15-7-9-17(10-8-15)20(27)23-13-16-5-4-6-18(11-16)29-14-19(25)26/h4-11H,12-14H2,1-3H3,(H,23,27)(H,24,28)(H,25,26). The van der Waals surface area contributed by atoms with Gasteiger partial charge in [0.1, 0.15) is 5.75 Å². The van der Waals surface area contributed by atoms with Crippen LogP contribution in [0.5, 0.6) is 5.75 Å². The lowest BCUT2D eigenvalue weighted by Crippen LogP contribution is -2.34. The smallest absolute Gasteiger partial charge is 0.341 e. The number of ether oxygens (including phenoxy) is 1. The molecule has 0 saturated heterocycles. The largest absolute Gasteiger partial charge is 0.482 e. The van der Waals surface area contributed by atoms with Gasteiger partial charge >= 0.3 is 5.97 Å². The first-order chi connectivity index (χ1) is 13.6. The van der Waals surface area contributed by atoms with Crippen LogP contribution in [0.15, 0.2) is 48.5 Å². The number of hydrogen-bond donors (Lipinski definition) is 3. The van der Waals surface area contributed by atoms with Gasteiger partial charge in [0.05, 0.1) is 0 Å². The molecule has 0 heterocycles. The Morgan fingerprint density at radius 3 is 2.21 bits per heavy atom. The number of benzene rings is 2. The van der Waals surface area contributed by atoms with Crippen LogP contribution in [0.2, 0.25) is 0 Å². The van der Waals surface area contributed by atoms with Crippen LogP contribution in [0, 0.1) is 5.41 Å². The summed E-state index contributed by atoms with van der Waals surface area (Å²) in [5.41, 5.74) is 1.76.